The average molecular weight is 621 g/mol. The summed E-state index contributed by atoms with van der Waals surface area (Å²) in [6, 6.07) is 30.5. The molecule has 1 aliphatic heterocycles. The summed E-state index contributed by atoms with van der Waals surface area (Å²) in [6.07, 6.45) is 1.85. The number of amides is 1. The van der Waals surface area contributed by atoms with Crippen molar-refractivity contribution in [2.75, 3.05) is 12.1 Å². The van der Waals surface area contributed by atoms with Crippen LogP contribution < -0.4 is 14.5 Å². The third kappa shape index (κ3) is 5.55. The van der Waals surface area contributed by atoms with Gasteiger partial charge in [0.25, 0.3) is 5.91 Å². The lowest BCUT2D eigenvalue weighted by Crippen LogP contribution is -2.21. The van der Waals surface area contributed by atoms with Crippen LogP contribution in [-0.2, 0) is 11.4 Å². The highest BCUT2D eigenvalue weighted by Gasteiger charge is 2.32. The van der Waals surface area contributed by atoms with Crippen molar-refractivity contribution in [3.63, 3.8) is 0 Å². The van der Waals surface area contributed by atoms with Crippen molar-refractivity contribution in [2.24, 2.45) is 5.10 Å². The van der Waals surface area contributed by atoms with E-state index in [1.54, 1.807) is 7.11 Å². The second kappa shape index (κ2) is 11.2. The van der Waals surface area contributed by atoms with Crippen molar-refractivity contribution >= 4 is 57.6 Å². The minimum atomic E-state index is -0.194. The van der Waals surface area contributed by atoms with Gasteiger partial charge in [-0.3, -0.25) is 4.79 Å². The van der Waals surface area contributed by atoms with Crippen molar-refractivity contribution in [1.82, 2.24) is 0 Å². The Morgan fingerprint density at radius 1 is 0.946 bits per heavy atom. The molecule has 1 amide bonds. The van der Waals surface area contributed by atoms with E-state index in [2.05, 4.69) is 22.6 Å². The van der Waals surface area contributed by atoms with Crippen LogP contribution in [0.5, 0.6) is 11.5 Å². The lowest BCUT2D eigenvalue weighted by Gasteiger charge is -2.14. The van der Waals surface area contributed by atoms with Gasteiger partial charge in [-0.1, -0.05) is 72.3 Å². The van der Waals surface area contributed by atoms with E-state index in [0.29, 0.717) is 40.1 Å². The van der Waals surface area contributed by atoms with Gasteiger partial charge in [-0.15, -0.1) is 0 Å². The standard InChI is InChI=1S/C30H22ClIN2O3/c1-36-27-18-21(17-26(32)29(27)37-19-20-9-8-12-23(31)15-20)16-25-28(22-10-4-2-5-11-22)33-34(30(25)35)24-13-6-3-7-14-24/h2-18H,19H2,1H3/b25-16-. The molecule has 0 saturated carbocycles. The molecule has 4 aromatic carbocycles. The zero-order valence-corrected chi connectivity index (χ0v) is 22.8. The van der Waals surface area contributed by atoms with Crippen LogP contribution in [0.3, 0.4) is 0 Å². The van der Waals surface area contributed by atoms with Crippen LogP contribution >= 0.6 is 34.2 Å². The Kier molecular flexibility index (Phi) is 7.58. The topological polar surface area (TPSA) is 51.1 Å². The Morgan fingerprint density at radius 3 is 2.38 bits per heavy atom. The fourth-order valence-electron chi connectivity index (χ4n) is 4.01. The highest BCUT2D eigenvalue weighted by atomic mass is 127. The Balaban J connectivity index is 1.50. The molecule has 0 fully saturated rings. The van der Waals surface area contributed by atoms with Crippen LogP contribution in [0.2, 0.25) is 5.02 Å². The molecule has 1 aliphatic rings. The summed E-state index contributed by atoms with van der Waals surface area (Å²) >= 11 is 8.33. The van der Waals surface area contributed by atoms with E-state index in [1.807, 2.05) is 103 Å². The van der Waals surface area contributed by atoms with Gasteiger partial charge in [-0.05, 0) is 76.2 Å². The first-order valence-electron chi connectivity index (χ1n) is 11.5. The molecule has 0 spiro atoms. The molecule has 184 valence electrons. The Labute approximate surface area is 234 Å². The number of carbonyl (C=O) groups is 1. The molecule has 5 rings (SSSR count). The number of benzene rings is 4. The highest BCUT2D eigenvalue weighted by Crippen LogP contribution is 2.36. The first-order chi connectivity index (χ1) is 18.0. The van der Waals surface area contributed by atoms with Crippen molar-refractivity contribution in [3.8, 4) is 11.5 Å². The van der Waals surface area contributed by atoms with Gasteiger partial charge in [0.05, 0.1) is 21.9 Å². The van der Waals surface area contributed by atoms with E-state index in [-0.39, 0.29) is 5.91 Å². The molecule has 0 aromatic heterocycles. The quantitative estimate of drug-likeness (QED) is 0.160. The number of hydrazone groups is 1. The molecule has 4 aromatic rings. The molecule has 0 aliphatic carbocycles. The molecular weight excluding hydrogens is 599 g/mol. The summed E-state index contributed by atoms with van der Waals surface area (Å²) in [7, 11) is 1.60. The smallest absolute Gasteiger partial charge is 0.281 e. The van der Waals surface area contributed by atoms with Gasteiger partial charge in [0, 0.05) is 10.6 Å². The molecule has 0 bridgehead atoms. The van der Waals surface area contributed by atoms with Crippen LogP contribution in [0.25, 0.3) is 6.08 Å². The number of ether oxygens (including phenoxy) is 2. The molecule has 1 heterocycles. The third-order valence-corrected chi connectivity index (χ3v) is 6.80. The lowest BCUT2D eigenvalue weighted by molar-refractivity contribution is -0.114. The van der Waals surface area contributed by atoms with E-state index < -0.39 is 0 Å². The van der Waals surface area contributed by atoms with Gasteiger partial charge in [0.15, 0.2) is 11.5 Å². The number of para-hydroxylation sites is 1. The van der Waals surface area contributed by atoms with E-state index in [4.69, 9.17) is 26.2 Å². The van der Waals surface area contributed by atoms with Gasteiger partial charge in [-0.2, -0.15) is 10.1 Å². The molecule has 0 atom stereocenters. The SMILES string of the molecule is COc1cc(/C=C2\C(=O)N(c3ccccc3)N=C2c2ccccc2)cc(I)c1OCc1cccc(Cl)c1. The first kappa shape index (κ1) is 25.0. The third-order valence-electron chi connectivity index (χ3n) is 5.76. The summed E-state index contributed by atoms with van der Waals surface area (Å²) in [5.74, 6) is 1.01. The number of methoxy groups -OCH3 is 1. The number of hydrogen-bond acceptors (Lipinski definition) is 4. The van der Waals surface area contributed by atoms with Crippen molar-refractivity contribution in [2.45, 2.75) is 6.61 Å². The zero-order valence-electron chi connectivity index (χ0n) is 19.9. The molecule has 7 heteroatoms. The molecule has 0 N–H and O–H groups in total. The normalized spacial score (nSPS) is 14.1. The summed E-state index contributed by atoms with van der Waals surface area (Å²) in [5, 5.41) is 6.81. The highest BCUT2D eigenvalue weighted by molar-refractivity contribution is 14.1. The van der Waals surface area contributed by atoms with Crippen molar-refractivity contribution < 1.29 is 14.3 Å². The molecule has 0 radical (unpaired) electrons. The van der Waals surface area contributed by atoms with Gasteiger partial charge in [0.2, 0.25) is 0 Å². The van der Waals surface area contributed by atoms with E-state index in [1.165, 1.54) is 5.01 Å². The van der Waals surface area contributed by atoms with Gasteiger partial charge >= 0.3 is 0 Å². The van der Waals surface area contributed by atoms with Crippen molar-refractivity contribution in [3.05, 3.63) is 128 Å². The van der Waals surface area contributed by atoms with Crippen molar-refractivity contribution in [1.29, 1.82) is 0 Å². The van der Waals surface area contributed by atoms with Crippen LogP contribution in [-0.4, -0.2) is 18.7 Å². The number of hydrogen-bond donors (Lipinski definition) is 0. The Hall–Kier alpha value is -3.62. The van der Waals surface area contributed by atoms with E-state index >= 15 is 0 Å². The molecule has 5 nitrogen and oxygen atoms in total. The van der Waals surface area contributed by atoms with Crippen LogP contribution in [0.4, 0.5) is 5.69 Å². The zero-order chi connectivity index (χ0) is 25.8. The maximum absolute atomic E-state index is 13.6. The molecular formula is C30H22ClIN2O3. The minimum Gasteiger partial charge on any atom is -0.493 e. The maximum Gasteiger partial charge on any atom is 0.281 e. The van der Waals surface area contributed by atoms with Crippen LogP contribution in [0.1, 0.15) is 16.7 Å². The minimum absolute atomic E-state index is 0.194. The lowest BCUT2D eigenvalue weighted by atomic mass is 10.00. The van der Waals surface area contributed by atoms with Crippen LogP contribution in [0, 0.1) is 3.57 Å². The number of carbonyl (C=O) groups excluding carboxylic acids is 1. The molecule has 0 saturated heterocycles. The predicted octanol–water partition coefficient (Wildman–Crippen LogP) is 7.37. The van der Waals surface area contributed by atoms with Gasteiger partial charge in [-0.25, -0.2) is 0 Å². The number of halogens is 2. The monoisotopic (exact) mass is 620 g/mol. The van der Waals surface area contributed by atoms with E-state index in [9.17, 15) is 4.79 Å². The second-order valence-electron chi connectivity index (χ2n) is 8.28. The first-order valence-corrected chi connectivity index (χ1v) is 13.0. The van der Waals surface area contributed by atoms with Gasteiger partial charge in [0.1, 0.15) is 12.3 Å². The number of nitrogens with zero attached hydrogens (tertiary/aromatic N) is 2. The van der Waals surface area contributed by atoms with E-state index in [0.717, 1.165) is 20.3 Å². The number of rotatable bonds is 7. The fourth-order valence-corrected chi connectivity index (χ4v) is 5.00. The van der Waals surface area contributed by atoms with Crippen LogP contribution in [0.15, 0.2) is 108 Å². The second-order valence-corrected chi connectivity index (χ2v) is 9.88. The maximum atomic E-state index is 13.6. The Morgan fingerprint density at radius 2 is 1.68 bits per heavy atom. The summed E-state index contributed by atoms with van der Waals surface area (Å²) < 4.78 is 12.6. The predicted molar refractivity (Wildman–Crippen MR) is 156 cm³/mol. The number of anilines is 1. The molecule has 0 unspecified atom stereocenters. The fraction of sp³-hybridized carbons (Fsp3) is 0.0667. The molecule has 37 heavy (non-hydrogen) atoms. The average Bonchev–Trinajstić information content (AvgIpc) is 3.24. The largest absolute Gasteiger partial charge is 0.493 e. The van der Waals surface area contributed by atoms with Gasteiger partial charge < -0.3 is 9.47 Å². The summed E-state index contributed by atoms with van der Waals surface area (Å²) in [6.45, 7) is 0.350. The Bertz CT molecular complexity index is 1500. The summed E-state index contributed by atoms with van der Waals surface area (Å²) in [4.78, 5) is 13.6. The summed E-state index contributed by atoms with van der Waals surface area (Å²) in [5.41, 5.74) is 4.45.